The van der Waals surface area contributed by atoms with Crippen LogP contribution in [-0.4, -0.2) is 30.4 Å². The van der Waals surface area contributed by atoms with Crippen molar-refractivity contribution in [2.24, 2.45) is 0 Å². The Hall–Kier alpha value is -3.31. The lowest BCUT2D eigenvalue weighted by Crippen LogP contribution is -2.21. The molecule has 3 aliphatic rings. The maximum Gasteiger partial charge on any atom is 0.256 e. The molecule has 5 nitrogen and oxygen atoms in total. The van der Waals surface area contributed by atoms with Crippen molar-refractivity contribution in [1.82, 2.24) is 4.90 Å². The van der Waals surface area contributed by atoms with Gasteiger partial charge in [-0.05, 0) is 99.5 Å². The van der Waals surface area contributed by atoms with E-state index in [0.717, 1.165) is 73.5 Å². The molecule has 0 spiro atoms. The highest BCUT2D eigenvalue weighted by Gasteiger charge is 2.30. The first-order valence-corrected chi connectivity index (χ1v) is 14.5. The number of rotatable bonds is 9. The van der Waals surface area contributed by atoms with Gasteiger partial charge in [0, 0.05) is 35.5 Å². The van der Waals surface area contributed by atoms with E-state index in [9.17, 15) is 4.79 Å². The van der Waals surface area contributed by atoms with Crippen LogP contribution in [0, 0.1) is 0 Å². The Morgan fingerprint density at radius 1 is 1.05 bits per heavy atom. The molecular formula is C33H39N3O2. The van der Waals surface area contributed by atoms with Gasteiger partial charge in [0.05, 0.1) is 11.6 Å². The summed E-state index contributed by atoms with van der Waals surface area (Å²) in [6, 6.07) is 17.0. The molecular weight excluding hydrogens is 470 g/mol. The van der Waals surface area contributed by atoms with E-state index in [1.807, 2.05) is 12.1 Å². The van der Waals surface area contributed by atoms with E-state index >= 15 is 0 Å². The van der Waals surface area contributed by atoms with Crippen LogP contribution in [-0.2, 0) is 24.1 Å². The Morgan fingerprint density at radius 2 is 1.87 bits per heavy atom. The molecule has 6 rings (SSSR count). The van der Waals surface area contributed by atoms with E-state index in [-0.39, 0.29) is 11.9 Å². The second-order valence-corrected chi connectivity index (χ2v) is 11.0. The minimum atomic E-state index is -0.0416. The second-order valence-electron chi connectivity index (χ2n) is 11.0. The summed E-state index contributed by atoms with van der Waals surface area (Å²) < 4.78 is 6.57. The Morgan fingerprint density at radius 3 is 2.68 bits per heavy atom. The largest absolute Gasteiger partial charge is 0.461 e. The van der Waals surface area contributed by atoms with Gasteiger partial charge in [-0.25, -0.2) is 0 Å². The third-order valence-corrected chi connectivity index (χ3v) is 8.34. The fourth-order valence-corrected chi connectivity index (χ4v) is 6.37. The van der Waals surface area contributed by atoms with Gasteiger partial charge >= 0.3 is 0 Å². The first kappa shape index (κ1) is 25.0. The van der Waals surface area contributed by atoms with Gasteiger partial charge in [-0.3, -0.25) is 4.79 Å². The summed E-state index contributed by atoms with van der Waals surface area (Å²) in [5.41, 5.74) is 7.60. The van der Waals surface area contributed by atoms with Crippen LogP contribution in [0.5, 0.6) is 0 Å². The Bertz CT molecular complexity index is 1320. The number of benzene rings is 2. The van der Waals surface area contributed by atoms with Crippen molar-refractivity contribution < 1.29 is 9.21 Å². The maximum absolute atomic E-state index is 13.2. The van der Waals surface area contributed by atoms with Crippen LogP contribution in [0.15, 0.2) is 52.9 Å². The Balaban J connectivity index is 1.36. The van der Waals surface area contributed by atoms with E-state index in [1.165, 1.54) is 49.0 Å². The topological polar surface area (TPSA) is 57.5 Å². The van der Waals surface area contributed by atoms with Crippen molar-refractivity contribution >= 4 is 28.9 Å². The van der Waals surface area contributed by atoms with Gasteiger partial charge in [-0.15, -0.1) is 0 Å². The predicted octanol–water partition coefficient (Wildman–Crippen LogP) is 7.24. The van der Waals surface area contributed by atoms with E-state index in [1.54, 1.807) is 0 Å². The smallest absolute Gasteiger partial charge is 0.256 e. The molecule has 2 N–H and O–H groups in total. The Labute approximate surface area is 226 Å². The normalized spacial score (nSPS) is 18.9. The van der Waals surface area contributed by atoms with Gasteiger partial charge < -0.3 is 20.0 Å². The number of amides is 1. The van der Waals surface area contributed by atoms with E-state index in [4.69, 9.17) is 4.42 Å². The molecule has 0 radical (unpaired) electrons. The zero-order valence-electron chi connectivity index (χ0n) is 22.5. The molecule has 3 aromatic rings. The number of anilines is 2. The number of hydrogen-bond donors (Lipinski definition) is 2. The first-order valence-electron chi connectivity index (χ1n) is 14.5. The van der Waals surface area contributed by atoms with Gasteiger partial charge in [-0.2, -0.15) is 0 Å². The molecule has 38 heavy (non-hydrogen) atoms. The van der Waals surface area contributed by atoms with Gasteiger partial charge in [-0.1, -0.05) is 37.6 Å². The second kappa shape index (κ2) is 11.2. The number of carbonyl (C=O) groups excluding carboxylic acids is 1. The zero-order chi connectivity index (χ0) is 25.9. The van der Waals surface area contributed by atoms with Crippen LogP contribution in [0.1, 0.15) is 85.3 Å². The number of aryl methyl sites for hydroxylation is 1. The highest BCUT2D eigenvalue weighted by Crippen LogP contribution is 2.41. The van der Waals surface area contributed by atoms with E-state index in [0.29, 0.717) is 5.57 Å². The number of furan rings is 1. The standard InChI is InChI=1S/C33H39N3O2/c1-2-10-29(34-24-11-4-3-5-12-24)32-25-13-6-7-14-30(25)38-31(32)22-27-26-21-23(15-16-28(26)35-33(27)37)17-20-36-18-8-9-19-36/h3-5,11-12,15-16,21-22,29,34H,2,6-10,13-14,17-20H2,1H3,(H,35,37). The molecule has 1 unspecified atom stereocenters. The highest BCUT2D eigenvalue weighted by molar-refractivity contribution is 6.34. The molecule has 1 atom stereocenters. The highest BCUT2D eigenvalue weighted by atomic mass is 16.3. The molecule has 1 amide bonds. The molecule has 3 heterocycles. The summed E-state index contributed by atoms with van der Waals surface area (Å²) >= 11 is 0. The monoisotopic (exact) mass is 509 g/mol. The van der Waals surface area contributed by atoms with Crippen molar-refractivity contribution in [3.05, 3.63) is 82.3 Å². The fraction of sp³-hybridized carbons (Fsp3) is 0.424. The molecule has 2 aromatic carbocycles. The van der Waals surface area contributed by atoms with Crippen LogP contribution >= 0.6 is 0 Å². The molecule has 5 heteroatoms. The lowest BCUT2D eigenvalue weighted by Gasteiger charge is -2.22. The molecule has 1 saturated heterocycles. The molecule has 1 aliphatic carbocycles. The lowest BCUT2D eigenvalue weighted by atomic mass is 9.89. The van der Waals surface area contributed by atoms with Crippen molar-refractivity contribution in [2.45, 2.75) is 70.8 Å². The van der Waals surface area contributed by atoms with Gasteiger partial charge in [0.25, 0.3) is 5.91 Å². The number of nitrogens with zero attached hydrogens (tertiary/aromatic N) is 1. The molecule has 1 aromatic heterocycles. The number of para-hydroxylation sites is 1. The third kappa shape index (κ3) is 5.17. The summed E-state index contributed by atoms with van der Waals surface area (Å²) in [5.74, 6) is 1.91. The first-order chi connectivity index (χ1) is 18.7. The van der Waals surface area contributed by atoms with Crippen LogP contribution in [0.3, 0.4) is 0 Å². The van der Waals surface area contributed by atoms with Crippen LogP contribution in [0.2, 0.25) is 0 Å². The summed E-state index contributed by atoms with van der Waals surface area (Å²) in [5, 5.41) is 6.88. The summed E-state index contributed by atoms with van der Waals surface area (Å²) in [4.78, 5) is 15.8. The number of likely N-dealkylation sites (tertiary alicyclic amines) is 1. The summed E-state index contributed by atoms with van der Waals surface area (Å²) in [6.07, 6.45) is 12.1. The lowest BCUT2D eigenvalue weighted by molar-refractivity contribution is -0.110. The zero-order valence-corrected chi connectivity index (χ0v) is 22.5. The van der Waals surface area contributed by atoms with Crippen molar-refractivity contribution in [1.29, 1.82) is 0 Å². The summed E-state index contributed by atoms with van der Waals surface area (Å²) in [6.45, 7) is 5.73. The average Bonchev–Trinajstić information content (AvgIpc) is 3.66. The van der Waals surface area contributed by atoms with Gasteiger partial charge in [0.15, 0.2) is 0 Å². The van der Waals surface area contributed by atoms with E-state index < -0.39 is 0 Å². The molecule has 0 bridgehead atoms. The number of carbonyl (C=O) groups is 1. The van der Waals surface area contributed by atoms with Crippen LogP contribution in [0.25, 0.3) is 11.6 Å². The third-order valence-electron chi connectivity index (χ3n) is 8.34. The maximum atomic E-state index is 13.2. The fourth-order valence-electron chi connectivity index (χ4n) is 6.37. The predicted molar refractivity (Wildman–Crippen MR) is 155 cm³/mol. The van der Waals surface area contributed by atoms with Crippen molar-refractivity contribution in [2.75, 3.05) is 30.3 Å². The quantitative estimate of drug-likeness (QED) is 0.299. The minimum absolute atomic E-state index is 0.0416. The van der Waals surface area contributed by atoms with Crippen molar-refractivity contribution in [3.63, 3.8) is 0 Å². The summed E-state index contributed by atoms with van der Waals surface area (Å²) in [7, 11) is 0. The Kier molecular flexibility index (Phi) is 7.37. The van der Waals surface area contributed by atoms with Crippen LogP contribution in [0.4, 0.5) is 11.4 Å². The average molecular weight is 510 g/mol. The van der Waals surface area contributed by atoms with E-state index in [2.05, 4.69) is 64.9 Å². The number of hydrogen-bond acceptors (Lipinski definition) is 4. The van der Waals surface area contributed by atoms with Crippen LogP contribution < -0.4 is 10.6 Å². The van der Waals surface area contributed by atoms with Crippen molar-refractivity contribution in [3.8, 4) is 0 Å². The molecule has 1 fully saturated rings. The number of fused-ring (bicyclic) bond motifs is 2. The molecule has 2 aliphatic heterocycles. The SMILES string of the molecule is CCCC(Nc1ccccc1)c1c(C=C2C(=O)Nc3ccc(CCN4CCCC4)cc32)oc2c1CCCC2. The molecule has 198 valence electrons. The minimum Gasteiger partial charge on any atom is -0.461 e. The van der Waals surface area contributed by atoms with Gasteiger partial charge in [0.2, 0.25) is 0 Å². The van der Waals surface area contributed by atoms with Gasteiger partial charge in [0.1, 0.15) is 11.5 Å². The number of nitrogens with one attached hydrogen (secondary N) is 2. The molecule has 0 saturated carbocycles.